The van der Waals surface area contributed by atoms with Crippen LogP contribution in [0.3, 0.4) is 0 Å². The van der Waals surface area contributed by atoms with Crippen LogP contribution in [0.4, 0.5) is 11.9 Å². The molecule has 19 heteroatoms. The molecule has 7 aromatic rings. The third-order valence-corrected chi connectivity index (χ3v) is 16.0. The molecule has 0 atom stereocenters. The second-order valence-corrected chi connectivity index (χ2v) is 21.7. The van der Waals surface area contributed by atoms with E-state index in [1.807, 2.05) is 26.2 Å². The number of hydrogen-bond acceptors (Lipinski definition) is 14. The zero-order valence-corrected chi connectivity index (χ0v) is 45.5. The highest BCUT2D eigenvalue weighted by Gasteiger charge is 2.29. The molecule has 2 aromatic carbocycles. The summed E-state index contributed by atoms with van der Waals surface area (Å²) in [4.78, 5) is 60.2. The molecule has 2 saturated heterocycles. The van der Waals surface area contributed by atoms with Crippen LogP contribution in [0.2, 0.25) is 0 Å². The standard InChI is InChI=1S/C59H73N15O4/c1-39-26-42(30-53(63-39)45-34-62-70(4)37-45)56(75)67-59-66-51-17-11-41(36-72-22-24-77-25-23-72)28-55(51)74(59)48-12-14-49(15-13-48)78-38-46-29-43(31-52(64-46)44(32-60)33-61-2)57(76)68-58-65-50-16-10-40(35-71-20-18-69(3)19-21-71)27-54(50)73(58)47-8-6-5-7-9-47/h10-11,16-17,26-34,37,47-49H,5-9,12-15,18-25,35-36,38,60H2,1-4H3,(H,65,68,76)(H,66,67,75). The van der Waals surface area contributed by atoms with Crippen LogP contribution in [-0.2, 0) is 36.2 Å². The molecule has 19 nitrogen and oxygen atoms in total. The number of allylic oxidation sites excluding steroid dienone is 1. The van der Waals surface area contributed by atoms with Gasteiger partial charge in [0.15, 0.2) is 0 Å². The Bertz CT molecular complexity index is 3330. The van der Waals surface area contributed by atoms with E-state index in [1.165, 1.54) is 23.7 Å². The highest BCUT2D eigenvalue weighted by Crippen LogP contribution is 2.38. The Balaban J connectivity index is 0.821. The van der Waals surface area contributed by atoms with Crippen molar-refractivity contribution in [2.75, 3.05) is 77.2 Å². The van der Waals surface area contributed by atoms with Gasteiger partial charge in [0.1, 0.15) is 0 Å². The summed E-state index contributed by atoms with van der Waals surface area (Å²) in [6.07, 6.45) is 15.4. The lowest BCUT2D eigenvalue weighted by atomic mass is 9.92. The number of nitrogens with two attached hydrogens (primary N) is 1. The number of fused-ring (bicyclic) bond motifs is 2. The van der Waals surface area contributed by atoms with Gasteiger partial charge in [-0.1, -0.05) is 31.4 Å². The fourth-order valence-corrected chi connectivity index (χ4v) is 11.8. The van der Waals surface area contributed by atoms with E-state index < -0.39 is 0 Å². The second kappa shape index (κ2) is 23.8. The number of benzene rings is 2. The van der Waals surface area contributed by atoms with Crippen molar-refractivity contribution in [2.24, 2.45) is 17.8 Å². The Morgan fingerprint density at radius 1 is 0.731 bits per heavy atom. The number of nitrogens with zero attached hydrogens (tertiary/aromatic N) is 12. The van der Waals surface area contributed by atoms with Crippen LogP contribution in [0.1, 0.15) is 119 Å². The molecule has 5 aromatic heterocycles. The molecule has 78 heavy (non-hydrogen) atoms. The number of aromatic nitrogens is 8. The molecule has 7 heterocycles. The van der Waals surface area contributed by atoms with E-state index in [0.717, 1.165) is 150 Å². The van der Waals surface area contributed by atoms with E-state index in [4.69, 9.17) is 35.1 Å². The van der Waals surface area contributed by atoms with Gasteiger partial charge in [0.25, 0.3) is 11.8 Å². The van der Waals surface area contributed by atoms with Crippen LogP contribution in [0.5, 0.6) is 0 Å². The first kappa shape index (κ1) is 52.9. The number of rotatable bonds is 16. The van der Waals surface area contributed by atoms with E-state index in [0.29, 0.717) is 45.7 Å². The molecule has 2 aliphatic heterocycles. The Labute approximate surface area is 455 Å². The summed E-state index contributed by atoms with van der Waals surface area (Å²) in [7, 11) is 5.72. The topological polar surface area (TPSA) is 204 Å². The Morgan fingerprint density at radius 3 is 1.95 bits per heavy atom. The average Bonchev–Trinajstić information content (AvgIpc) is 4.32. The van der Waals surface area contributed by atoms with Crippen molar-refractivity contribution in [1.29, 1.82) is 0 Å². The number of anilines is 2. The van der Waals surface area contributed by atoms with Crippen molar-refractivity contribution < 1.29 is 19.1 Å². The van der Waals surface area contributed by atoms with E-state index in [-0.39, 0.29) is 36.6 Å². The normalized spacial score (nSPS) is 19.6. The van der Waals surface area contributed by atoms with Gasteiger partial charge in [-0.3, -0.25) is 49.7 Å². The van der Waals surface area contributed by atoms with Gasteiger partial charge in [0.2, 0.25) is 11.9 Å². The first-order valence-corrected chi connectivity index (χ1v) is 27.8. The predicted octanol–water partition coefficient (Wildman–Crippen LogP) is 8.18. The molecule has 408 valence electrons. The number of piperazine rings is 1. The molecule has 0 unspecified atom stereocenters. The van der Waals surface area contributed by atoms with E-state index in [2.05, 4.69) is 88.0 Å². The summed E-state index contributed by atoms with van der Waals surface area (Å²) in [6, 6.07) is 20.4. The lowest BCUT2D eigenvalue weighted by Crippen LogP contribution is -2.43. The molecule has 0 bridgehead atoms. The minimum absolute atomic E-state index is 0.0395. The maximum Gasteiger partial charge on any atom is 0.258 e. The van der Waals surface area contributed by atoms with Crippen molar-refractivity contribution in [3.05, 3.63) is 119 Å². The van der Waals surface area contributed by atoms with Crippen LogP contribution in [0.15, 0.2) is 84.2 Å². The number of aliphatic imine (C=N–C) groups is 1. The molecule has 4 N–H and O–H groups in total. The van der Waals surface area contributed by atoms with Gasteiger partial charge in [-0.2, -0.15) is 5.10 Å². The first-order valence-electron chi connectivity index (χ1n) is 27.8. The van der Waals surface area contributed by atoms with Crippen molar-refractivity contribution in [1.82, 2.24) is 53.6 Å². The fourth-order valence-electron chi connectivity index (χ4n) is 11.8. The average molecular weight is 1060 g/mol. The summed E-state index contributed by atoms with van der Waals surface area (Å²) in [5.41, 5.74) is 17.2. The quantitative estimate of drug-likeness (QED) is 0.0783. The molecule has 0 radical (unpaired) electrons. The molecular formula is C59H73N15O4. The summed E-state index contributed by atoms with van der Waals surface area (Å²) < 4.78 is 18.6. The number of aryl methyl sites for hydroxylation is 2. The Hall–Kier alpha value is -7.16. The smallest absolute Gasteiger partial charge is 0.258 e. The lowest BCUT2D eigenvalue weighted by molar-refractivity contribution is 0.00734. The third kappa shape index (κ3) is 12.1. The van der Waals surface area contributed by atoms with Gasteiger partial charge in [-0.05, 0) is 112 Å². The SMILES string of the molecule is CN=CC(=CN)c1cc(C(=O)Nc2nc3ccc(CN4CCN(C)CC4)cc3n2C2CCCCC2)cc(COC2CCC(n3c(NC(=O)c4cc(C)nc(-c5cnn(C)c5)c4)nc4ccc(CN5CCOCC5)cc43)CC2)n1. The molecule has 2 saturated carbocycles. The Morgan fingerprint density at radius 2 is 1.35 bits per heavy atom. The molecule has 2 aliphatic carbocycles. The molecule has 11 rings (SSSR count). The lowest BCUT2D eigenvalue weighted by Gasteiger charge is -2.32. The highest BCUT2D eigenvalue weighted by atomic mass is 16.5. The van der Waals surface area contributed by atoms with E-state index in [1.54, 1.807) is 42.3 Å². The molecular weight excluding hydrogens is 983 g/mol. The zero-order valence-electron chi connectivity index (χ0n) is 45.5. The van der Waals surface area contributed by atoms with Crippen LogP contribution < -0.4 is 16.4 Å². The van der Waals surface area contributed by atoms with Gasteiger partial charge in [-0.25, -0.2) is 9.97 Å². The number of pyridine rings is 2. The number of amides is 2. The predicted molar refractivity (Wildman–Crippen MR) is 304 cm³/mol. The summed E-state index contributed by atoms with van der Waals surface area (Å²) in [5, 5.41) is 10.8. The van der Waals surface area contributed by atoms with Crippen LogP contribution in [0.25, 0.3) is 38.9 Å². The fraction of sp³-hybridized carbons (Fsp3) is 0.458. The van der Waals surface area contributed by atoms with E-state index >= 15 is 0 Å². The number of carbonyl (C=O) groups is 2. The molecule has 0 spiro atoms. The van der Waals surface area contributed by atoms with Crippen LogP contribution in [0, 0.1) is 6.92 Å². The first-order chi connectivity index (χ1) is 38.0. The number of nitrogens with one attached hydrogen (secondary N) is 2. The number of morpholine rings is 1. The van der Waals surface area contributed by atoms with Crippen molar-refractivity contribution >= 4 is 57.6 Å². The van der Waals surface area contributed by atoms with Crippen LogP contribution >= 0.6 is 0 Å². The second-order valence-electron chi connectivity index (χ2n) is 21.7. The minimum Gasteiger partial charge on any atom is -0.404 e. The van der Waals surface area contributed by atoms with Gasteiger partial charge in [-0.15, -0.1) is 0 Å². The maximum absolute atomic E-state index is 14.6. The summed E-state index contributed by atoms with van der Waals surface area (Å²) in [6.45, 7) is 11.2. The largest absolute Gasteiger partial charge is 0.404 e. The maximum atomic E-state index is 14.6. The minimum atomic E-state index is -0.285. The van der Waals surface area contributed by atoms with Gasteiger partial charge in [0, 0.05) is 125 Å². The molecule has 2 amide bonds. The third-order valence-electron chi connectivity index (χ3n) is 16.0. The molecule has 4 aliphatic rings. The zero-order chi connectivity index (χ0) is 53.7. The van der Waals surface area contributed by atoms with E-state index in [9.17, 15) is 9.59 Å². The highest BCUT2D eigenvalue weighted by molar-refractivity contribution is 6.10. The number of imidazole rings is 2. The monoisotopic (exact) mass is 1060 g/mol. The van der Waals surface area contributed by atoms with Gasteiger partial charge in [0.05, 0.1) is 71.3 Å². The van der Waals surface area contributed by atoms with Crippen molar-refractivity contribution in [3.8, 4) is 11.3 Å². The Kier molecular flexibility index (Phi) is 16.2. The summed E-state index contributed by atoms with van der Waals surface area (Å²) >= 11 is 0. The van der Waals surface area contributed by atoms with Crippen molar-refractivity contribution in [2.45, 2.75) is 103 Å². The van der Waals surface area contributed by atoms with Crippen LogP contribution in [-0.4, -0.2) is 144 Å². The van der Waals surface area contributed by atoms with Crippen molar-refractivity contribution in [3.63, 3.8) is 0 Å². The van der Waals surface area contributed by atoms with Gasteiger partial charge >= 0.3 is 0 Å². The summed E-state index contributed by atoms with van der Waals surface area (Å²) in [5.74, 6) is 0.515. The number of ether oxygens (including phenoxy) is 2. The van der Waals surface area contributed by atoms with Gasteiger partial charge < -0.3 is 29.2 Å². The number of hydrogen-bond donors (Lipinski definition) is 3. The molecule has 4 fully saturated rings. The number of likely N-dealkylation sites (N-methyl/N-ethyl adjacent to an activating group) is 1. The number of carbonyl (C=O) groups excluding carboxylic acids is 2.